The second kappa shape index (κ2) is 7.68. The number of aryl methyl sites for hydroxylation is 2. The average molecular weight is 378 g/mol. The predicted molar refractivity (Wildman–Crippen MR) is 109 cm³/mol. The topological polar surface area (TPSA) is 47.7 Å². The van der Waals surface area contributed by atoms with Crippen LogP contribution in [-0.2, 0) is 13.0 Å². The first-order valence-electron chi connectivity index (χ1n) is 9.58. The van der Waals surface area contributed by atoms with Crippen molar-refractivity contribution in [1.82, 2.24) is 9.88 Å². The summed E-state index contributed by atoms with van der Waals surface area (Å²) in [6, 6.07) is 14.2. The maximum atomic E-state index is 6.06. The fourth-order valence-electron chi connectivity index (χ4n) is 3.73. The third-order valence-electron chi connectivity index (χ3n) is 5.18. The van der Waals surface area contributed by atoms with Crippen molar-refractivity contribution >= 4 is 0 Å². The van der Waals surface area contributed by atoms with Crippen LogP contribution >= 0.6 is 0 Å². The van der Waals surface area contributed by atoms with E-state index in [0.29, 0.717) is 5.89 Å². The molecule has 5 heteroatoms. The lowest BCUT2D eigenvalue weighted by atomic mass is 10.1. The van der Waals surface area contributed by atoms with Crippen LogP contribution in [-0.4, -0.2) is 36.7 Å². The molecule has 0 aliphatic carbocycles. The van der Waals surface area contributed by atoms with E-state index in [0.717, 1.165) is 53.6 Å². The molecule has 0 unspecified atom stereocenters. The lowest BCUT2D eigenvalue weighted by Gasteiger charge is -2.19. The van der Waals surface area contributed by atoms with Crippen LogP contribution in [0.5, 0.6) is 11.5 Å². The van der Waals surface area contributed by atoms with E-state index in [2.05, 4.69) is 24.1 Å². The third kappa shape index (κ3) is 3.76. The smallest absolute Gasteiger partial charge is 0.226 e. The molecule has 2 heterocycles. The molecule has 5 nitrogen and oxygen atoms in total. The zero-order chi connectivity index (χ0) is 19.7. The van der Waals surface area contributed by atoms with Gasteiger partial charge >= 0.3 is 0 Å². The van der Waals surface area contributed by atoms with Crippen LogP contribution in [0.25, 0.3) is 11.5 Å². The van der Waals surface area contributed by atoms with E-state index in [1.807, 2.05) is 44.2 Å². The lowest BCUT2D eigenvalue weighted by Crippen LogP contribution is -2.31. The number of nitrogens with zero attached hydrogens (tertiary/aromatic N) is 2. The van der Waals surface area contributed by atoms with Gasteiger partial charge in [0, 0.05) is 25.1 Å². The van der Waals surface area contributed by atoms with E-state index in [-0.39, 0.29) is 6.10 Å². The number of para-hydroxylation sites is 1. The number of benzene rings is 2. The van der Waals surface area contributed by atoms with Crippen LogP contribution in [0.1, 0.15) is 22.6 Å². The van der Waals surface area contributed by atoms with Crippen molar-refractivity contribution in [1.29, 1.82) is 0 Å². The van der Waals surface area contributed by atoms with Gasteiger partial charge in [0.05, 0.1) is 12.8 Å². The van der Waals surface area contributed by atoms with E-state index in [4.69, 9.17) is 18.9 Å². The van der Waals surface area contributed by atoms with Crippen LogP contribution in [0.2, 0.25) is 0 Å². The van der Waals surface area contributed by atoms with Crippen LogP contribution in [0, 0.1) is 13.8 Å². The van der Waals surface area contributed by atoms with Crippen molar-refractivity contribution in [3.63, 3.8) is 0 Å². The Labute approximate surface area is 165 Å². The molecule has 2 aromatic carbocycles. The molecule has 1 atom stereocenters. The summed E-state index contributed by atoms with van der Waals surface area (Å²) in [7, 11) is 3.77. The quantitative estimate of drug-likeness (QED) is 0.636. The molecule has 3 aromatic rings. The second-order valence-corrected chi connectivity index (χ2v) is 7.45. The summed E-state index contributed by atoms with van der Waals surface area (Å²) in [5.74, 6) is 3.38. The number of methoxy groups -OCH3 is 1. The Kier molecular flexibility index (Phi) is 5.09. The van der Waals surface area contributed by atoms with E-state index in [9.17, 15) is 0 Å². The minimum atomic E-state index is 0.179. The Morgan fingerprint density at radius 1 is 1.18 bits per heavy atom. The fourth-order valence-corrected chi connectivity index (χ4v) is 3.73. The summed E-state index contributed by atoms with van der Waals surface area (Å²) in [5.41, 5.74) is 4.27. The molecule has 1 aromatic heterocycles. The van der Waals surface area contributed by atoms with E-state index >= 15 is 0 Å². The standard InChI is InChI=1S/C23H26N2O3/c1-15-11-18(9-10-21(15)26-4)23-24-20(16(2)27-23)14-25(3)13-19-12-17-7-5-6-8-22(17)28-19/h5-11,19H,12-14H2,1-4H3/t19-/m0/s1. The highest BCUT2D eigenvalue weighted by Gasteiger charge is 2.24. The SMILES string of the molecule is COc1ccc(-c2nc(CN(C)C[C@@H]3Cc4ccccc4O3)c(C)o2)cc1C. The summed E-state index contributed by atoms with van der Waals surface area (Å²) < 4.78 is 17.3. The molecule has 1 aliphatic heterocycles. The van der Waals surface area contributed by atoms with E-state index < -0.39 is 0 Å². The van der Waals surface area contributed by atoms with Crippen LogP contribution < -0.4 is 9.47 Å². The summed E-state index contributed by atoms with van der Waals surface area (Å²) in [6.07, 6.45) is 1.13. The summed E-state index contributed by atoms with van der Waals surface area (Å²) in [5, 5.41) is 0. The van der Waals surface area contributed by atoms with Gasteiger partial charge in [0.1, 0.15) is 23.4 Å². The van der Waals surface area contributed by atoms with Gasteiger partial charge in [0.2, 0.25) is 5.89 Å². The van der Waals surface area contributed by atoms with E-state index in [1.165, 1.54) is 5.56 Å². The number of hydrogen-bond acceptors (Lipinski definition) is 5. The number of rotatable bonds is 6. The van der Waals surface area contributed by atoms with Gasteiger partial charge in [-0.25, -0.2) is 4.98 Å². The highest BCUT2D eigenvalue weighted by atomic mass is 16.5. The Morgan fingerprint density at radius 3 is 2.75 bits per heavy atom. The van der Waals surface area contributed by atoms with Gasteiger partial charge < -0.3 is 13.9 Å². The molecule has 0 fully saturated rings. The zero-order valence-electron chi connectivity index (χ0n) is 16.9. The zero-order valence-corrected chi connectivity index (χ0v) is 16.9. The molecule has 0 N–H and O–H groups in total. The largest absolute Gasteiger partial charge is 0.496 e. The number of fused-ring (bicyclic) bond motifs is 1. The molecule has 4 rings (SSSR count). The van der Waals surface area contributed by atoms with Crippen molar-refractivity contribution in [2.75, 3.05) is 20.7 Å². The monoisotopic (exact) mass is 378 g/mol. The number of ether oxygens (including phenoxy) is 2. The molecule has 0 saturated carbocycles. The molecule has 0 spiro atoms. The number of oxazole rings is 1. The first-order chi connectivity index (χ1) is 13.5. The summed E-state index contributed by atoms with van der Waals surface area (Å²) in [4.78, 5) is 6.98. The van der Waals surface area contributed by atoms with Gasteiger partial charge in [0.25, 0.3) is 0 Å². The Bertz CT molecular complexity index is 955. The molecule has 0 saturated heterocycles. The van der Waals surface area contributed by atoms with Crippen molar-refractivity contribution in [3.05, 3.63) is 65.0 Å². The molecule has 28 heavy (non-hydrogen) atoms. The normalized spacial score (nSPS) is 15.5. The minimum Gasteiger partial charge on any atom is -0.496 e. The van der Waals surface area contributed by atoms with Crippen LogP contribution in [0.15, 0.2) is 46.9 Å². The first kappa shape index (κ1) is 18.6. The second-order valence-electron chi connectivity index (χ2n) is 7.45. The average Bonchev–Trinajstić information content (AvgIpc) is 3.24. The Hall–Kier alpha value is -2.79. The number of hydrogen-bond donors (Lipinski definition) is 0. The van der Waals surface area contributed by atoms with Gasteiger partial charge in [-0.1, -0.05) is 18.2 Å². The summed E-state index contributed by atoms with van der Waals surface area (Å²) in [6.45, 7) is 5.56. The third-order valence-corrected chi connectivity index (χ3v) is 5.18. The van der Waals surface area contributed by atoms with Crippen molar-refractivity contribution < 1.29 is 13.9 Å². The Morgan fingerprint density at radius 2 is 2.00 bits per heavy atom. The van der Waals surface area contributed by atoms with Gasteiger partial charge in [-0.15, -0.1) is 0 Å². The summed E-state index contributed by atoms with van der Waals surface area (Å²) >= 11 is 0. The maximum Gasteiger partial charge on any atom is 0.226 e. The molecular weight excluding hydrogens is 352 g/mol. The van der Waals surface area contributed by atoms with Gasteiger partial charge in [-0.05, 0) is 56.3 Å². The molecule has 0 radical (unpaired) electrons. The molecule has 0 bridgehead atoms. The minimum absolute atomic E-state index is 0.179. The highest BCUT2D eigenvalue weighted by molar-refractivity contribution is 5.57. The lowest BCUT2D eigenvalue weighted by molar-refractivity contribution is 0.164. The van der Waals surface area contributed by atoms with Gasteiger partial charge in [0.15, 0.2) is 0 Å². The number of likely N-dealkylation sites (N-methyl/N-ethyl adjacent to an activating group) is 1. The van der Waals surface area contributed by atoms with Crippen LogP contribution in [0.4, 0.5) is 0 Å². The van der Waals surface area contributed by atoms with Gasteiger partial charge in [-0.3, -0.25) is 4.90 Å². The molecule has 1 aliphatic rings. The first-order valence-corrected chi connectivity index (χ1v) is 9.58. The fraction of sp³-hybridized carbons (Fsp3) is 0.348. The van der Waals surface area contributed by atoms with Crippen molar-refractivity contribution in [2.45, 2.75) is 32.9 Å². The highest BCUT2D eigenvalue weighted by Crippen LogP contribution is 2.29. The molecular formula is C23H26N2O3. The molecule has 0 amide bonds. The Balaban J connectivity index is 1.42. The van der Waals surface area contributed by atoms with Crippen LogP contribution in [0.3, 0.4) is 0 Å². The predicted octanol–water partition coefficient (Wildman–Crippen LogP) is 4.40. The van der Waals surface area contributed by atoms with E-state index in [1.54, 1.807) is 7.11 Å². The van der Waals surface area contributed by atoms with Crippen molar-refractivity contribution in [2.24, 2.45) is 0 Å². The van der Waals surface area contributed by atoms with Crippen molar-refractivity contribution in [3.8, 4) is 23.0 Å². The van der Waals surface area contributed by atoms with Gasteiger partial charge in [-0.2, -0.15) is 0 Å². The maximum absolute atomic E-state index is 6.06. The molecule has 146 valence electrons. The number of aromatic nitrogens is 1.